The number of amides is 2. The summed E-state index contributed by atoms with van der Waals surface area (Å²) in [6.45, 7) is 7.50. The van der Waals surface area contributed by atoms with Gasteiger partial charge in [-0.1, -0.05) is 24.3 Å². The van der Waals surface area contributed by atoms with Crippen molar-refractivity contribution in [3.63, 3.8) is 0 Å². The van der Waals surface area contributed by atoms with Crippen molar-refractivity contribution in [3.05, 3.63) is 59.7 Å². The minimum Gasteiger partial charge on any atom is -0.494 e. The molecular weight excluding hydrogens is 362 g/mol. The van der Waals surface area contributed by atoms with Gasteiger partial charge in [-0.15, -0.1) is 0 Å². The number of hydrogen-bond donors (Lipinski definition) is 1. The summed E-state index contributed by atoms with van der Waals surface area (Å²) in [7, 11) is 0. The first-order valence-electron chi connectivity index (χ1n) is 10.8. The fraction of sp³-hybridized carbons (Fsp3) is 0.458. The third kappa shape index (κ3) is 5.10. The lowest BCUT2D eigenvalue weighted by Crippen LogP contribution is -2.46. The van der Waals surface area contributed by atoms with Gasteiger partial charge in [0.05, 0.1) is 6.61 Å². The zero-order valence-electron chi connectivity index (χ0n) is 17.3. The molecule has 0 radical (unpaired) electrons. The maximum atomic E-state index is 12.7. The number of piperidine rings is 1. The molecule has 4 rings (SSSR count). The van der Waals surface area contributed by atoms with E-state index in [4.69, 9.17) is 4.74 Å². The highest BCUT2D eigenvalue weighted by Gasteiger charge is 2.26. The Morgan fingerprint density at radius 1 is 1.10 bits per heavy atom. The Hall–Kier alpha value is -2.53. The van der Waals surface area contributed by atoms with Crippen molar-refractivity contribution in [3.8, 4) is 5.75 Å². The van der Waals surface area contributed by atoms with Gasteiger partial charge < -0.3 is 15.0 Å². The average Bonchev–Trinajstić information content (AvgIpc) is 2.75. The molecular formula is C24H31N3O2. The van der Waals surface area contributed by atoms with Gasteiger partial charge in [-0.25, -0.2) is 4.79 Å². The van der Waals surface area contributed by atoms with E-state index < -0.39 is 0 Å². The Bertz CT molecular complexity index is 821. The van der Waals surface area contributed by atoms with Crippen molar-refractivity contribution in [1.82, 2.24) is 9.80 Å². The van der Waals surface area contributed by atoms with Crippen LogP contribution in [0.1, 0.15) is 30.9 Å². The number of carbonyl (C=O) groups is 1. The zero-order valence-corrected chi connectivity index (χ0v) is 17.3. The summed E-state index contributed by atoms with van der Waals surface area (Å²) in [5, 5.41) is 3.04. The summed E-state index contributed by atoms with van der Waals surface area (Å²) < 4.78 is 5.46. The minimum atomic E-state index is 0.00264. The van der Waals surface area contributed by atoms with Crippen LogP contribution in [-0.2, 0) is 13.0 Å². The minimum absolute atomic E-state index is 0.00264. The summed E-state index contributed by atoms with van der Waals surface area (Å²) in [6, 6.07) is 16.4. The monoisotopic (exact) mass is 393 g/mol. The van der Waals surface area contributed by atoms with Crippen molar-refractivity contribution in [2.75, 3.05) is 38.1 Å². The van der Waals surface area contributed by atoms with Gasteiger partial charge in [0.2, 0.25) is 0 Å². The van der Waals surface area contributed by atoms with Gasteiger partial charge >= 0.3 is 6.03 Å². The van der Waals surface area contributed by atoms with Crippen molar-refractivity contribution >= 4 is 11.7 Å². The predicted molar refractivity (Wildman–Crippen MR) is 116 cm³/mol. The topological polar surface area (TPSA) is 44.8 Å². The number of ether oxygens (including phenoxy) is 1. The Labute approximate surface area is 173 Å². The maximum Gasteiger partial charge on any atom is 0.321 e. The second kappa shape index (κ2) is 9.31. The molecule has 1 saturated heterocycles. The van der Waals surface area contributed by atoms with Crippen LogP contribution in [0.5, 0.6) is 5.75 Å². The molecule has 5 nitrogen and oxygen atoms in total. The highest BCUT2D eigenvalue weighted by molar-refractivity contribution is 5.89. The summed E-state index contributed by atoms with van der Waals surface area (Å²) in [5.74, 6) is 1.37. The van der Waals surface area contributed by atoms with Crippen LogP contribution in [-0.4, -0.2) is 48.6 Å². The highest BCUT2D eigenvalue weighted by atomic mass is 16.5. The number of hydrogen-bond acceptors (Lipinski definition) is 3. The van der Waals surface area contributed by atoms with Crippen molar-refractivity contribution in [2.45, 2.75) is 32.7 Å². The van der Waals surface area contributed by atoms with E-state index in [9.17, 15) is 4.79 Å². The fourth-order valence-corrected chi connectivity index (χ4v) is 4.48. The maximum absolute atomic E-state index is 12.7. The van der Waals surface area contributed by atoms with E-state index in [-0.39, 0.29) is 6.03 Å². The summed E-state index contributed by atoms with van der Waals surface area (Å²) in [6.07, 6.45) is 3.40. The van der Waals surface area contributed by atoms with E-state index in [0.717, 1.165) is 57.0 Å². The first-order valence-corrected chi connectivity index (χ1v) is 10.8. The summed E-state index contributed by atoms with van der Waals surface area (Å²) >= 11 is 0. The van der Waals surface area contributed by atoms with Crippen molar-refractivity contribution in [1.29, 1.82) is 0 Å². The Kier molecular flexibility index (Phi) is 6.35. The van der Waals surface area contributed by atoms with Gasteiger partial charge in [0.25, 0.3) is 0 Å². The lowest BCUT2D eigenvalue weighted by molar-refractivity contribution is 0.140. The highest BCUT2D eigenvalue weighted by Crippen LogP contribution is 2.24. The van der Waals surface area contributed by atoms with Crippen molar-refractivity contribution in [2.24, 2.45) is 5.92 Å². The second-order valence-corrected chi connectivity index (χ2v) is 8.10. The van der Waals surface area contributed by atoms with E-state index in [1.807, 2.05) is 36.1 Å². The van der Waals surface area contributed by atoms with E-state index in [2.05, 4.69) is 34.5 Å². The second-order valence-electron chi connectivity index (χ2n) is 8.10. The Morgan fingerprint density at radius 3 is 2.69 bits per heavy atom. The molecule has 1 fully saturated rings. The molecule has 0 spiro atoms. The molecule has 0 aromatic heterocycles. The molecule has 0 bridgehead atoms. The van der Waals surface area contributed by atoms with Crippen LogP contribution in [0.15, 0.2) is 48.5 Å². The Balaban J connectivity index is 1.29. The van der Waals surface area contributed by atoms with Gasteiger partial charge in [-0.2, -0.15) is 0 Å². The molecule has 0 unspecified atom stereocenters. The SMILES string of the molecule is CCOc1ccc(NC(=O)N2CCC[C@H](CN3CCc4ccccc4C3)C2)cc1. The molecule has 0 aliphatic carbocycles. The number of likely N-dealkylation sites (tertiary alicyclic amines) is 1. The molecule has 0 saturated carbocycles. The smallest absolute Gasteiger partial charge is 0.321 e. The molecule has 2 aliphatic rings. The van der Waals surface area contributed by atoms with Crippen molar-refractivity contribution < 1.29 is 9.53 Å². The molecule has 2 amide bonds. The predicted octanol–water partition coefficient (Wildman–Crippen LogP) is 4.39. The van der Waals surface area contributed by atoms with Crippen LogP contribution < -0.4 is 10.1 Å². The van der Waals surface area contributed by atoms with E-state index >= 15 is 0 Å². The molecule has 5 heteroatoms. The van der Waals surface area contributed by atoms with Gasteiger partial charge in [-0.3, -0.25) is 4.90 Å². The van der Waals surface area contributed by atoms with Gasteiger partial charge in [0.15, 0.2) is 0 Å². The van der Waals surface area contributed by atoms with Crippen LogP contribution in [0.25, 0.3) is 0 Å². The van der Waals surface area contributed by atoms with E-state index in [0.29, 0.717) is 12.5 Å². The van der Waals surface area contributed by atoms with E-state index in [1.54, 1.807) is 0 Å². The third-order valence-electron chi connectivity index (χ3n) is 5.95. The largest absolute Gasteiger partial charge is 0.494 e. The van der Waals surface area contributed by atoms with Crippen LogP contribution >= 0.6 is 0 Å². The van der Waals surface area contributed by atoms with Gasteiger partial charge in [-0.05, 0) is 67.5 Å². The molecule has 1 atom stereocenters. The number of nitrogens with zero attached hydrogens (tertiary/aromatic N) is 2. The summed E-state index contributed by atoms with van der Waals surface area (Å²) in [5.41, 5.74) is 3.76. The number of carbonyl (C=O) groups excluding carboxylic acids is 1. The fourth-order valence-electron chi connectivity index (χ4n) is 4.48. The standard InChI is InChI=1S/C24H31N3O2/c1-2-29-23-11-9-22(10-12-23)25-24(28)27-14-5-6-19(17-27)16-26-15-13-20-7-3-4-8-21(20)18-26/h3-4,7-12,19H,2,5-6,13-18H2,1H3,(H,25,28)/t19-/m1/s1. The lowest BCUT2D eigenvalue weighted by Gasteiger charge is -2.37. The molecule has 1 N–H and O–H groups in total. The van der Waals surface area contributed by atoms with Crippen LogP contribution in [0.2, 0.25) is 0 Å². The molecule has 29 heavy (non-hydrogen) atoms. The quantitative estimate of drug-likeness (QED) is 0.820. The number of fused-ring (bicyclic) bond motifs is 1. The first-order chi connectivity index (χ1) is 14.2. The van der Waals surface area contributed by atoms with Crippen LogP contribution in [0.4, 0.5) is 10.5 Å². The van der Waals surface area contributed by atoms with Crippen LogP contribution in [0, 0.1) is 5.92 Å². The number of benzene rings is 2. The molecule has 2 aromatic rings. The number of urea groups is 1. The molecule has 2 heterocycles. The molecule has 154 valence electrons. The average molecular weight is 394 g/mol. The summed E-state index contributed by atoms with van der Waals surface area (Å²) in [4.78, 5) is 17.3. The van der Waals surface area contributed by atoms with E-state index in [1.165, 1.54) is 17.5 Å². The first kappa shape index (κ1) is 19.8. The van der Waals surface area contributed by atoms with Crippen LogP contribution in [0.3, 0.4) is 0 Å². The number of rotatable bonds is 5. The zero-order chi connectivity index (χ0) is 20.1. The lowest BCUT2D eigenvalue weighted by atomic mass is 9.95. The Morgan fingerprint density at radius 2 is 1.90 bits per heavy atom. The number of nitrogens with one attached hydrogen (secondary N) is 1. The normalized spacial score (nSPS) is 19.5. The molecule has 2 aliphatic heterocycles. The van der Waals surface area contributed by atoms with Gasteiger partial charge in [0, 0.05) is 38.4 Å². The third-order valence-corrected chi connectivity index (χ3v) is 5.95. The number of anilines is 1. The molecule has 2 aromatic carbocycles. The van der Waals surface area contributed by atoms with Gasteiger partial charge in [0.1, 0.15) is 5.75 Å².